The molecule has 3 nitrogen and oxygen atoms in total. The summed E-state index contributed by atoms with van der Waals surface area (Å²) >= 11 is 1.60. The summed E-state index contributed by atoms with van der Waals surface area (Å²) in [6, 6.07) is 1.93. The van der Waals surface area contributed by atoms with Crippen LogP contribution in [0.3, 0.4) is 0 Å². The second-order valence-electron chi connectivity index (χ2n) is 3.62. The Morgan fingerprint density at radius 3 is 3.29 bits per heavy atom. The number of rotatable bonds is 3. The molecule has 0 radical (unpaired) electrons. The van der Waals surface area contributed by atoms with Crippen LogP contribution in [0.1, 0.15) is 12.8 Å². The highest BCUT2D eigenvalue weighted by atomic mass is 32.1. The third-order valence-electron chi connectivity index (χ3n) is 2.44. The minimum atomic E-state index is 0.136. The van der Waals surface area contributed by atoms with Crippen LogP contribution < -0.4 is 10.6 Å². The Balaban J connectivity index is 1.78. The zero-order chi connectivity index (χ0) is 9.80. The number of carbonyl (C=O) groups excluding carboxylic acids is 1. The summed E-state index contributed by atoms with van der Waals surface area (Å²) in [5.74, 6) is 0.658. The van der Waals surface area contributed by atoms with Crippen molar-refractivity contribution >= 4 is 22.9 Å². The number of thiophene rings is 1. The van der Waals surface area contributed by atoms with E-state index in [0.717, 1.165) is 25.2 Å². The first-order chi connectivity index (χ1) is 6.84. The fraction of sp³-hybridized carbons (Fsp3) is 0.500. The molecule has 1 aromatic rings. The standard InChI is InChI=1S/C10H14N2OS/c13-10(5-8-1-3-11-6-8)12-9-2-4-14-7-9/h2,4,7-8,11H,1,3,5-6H2,(H,12,13)/t8-/m0/s1. The molecule has 1 aliphatic heterocycles. The molecule has 0 aromatic carbocycles. The van der Waals surface area contributed by atoms with Gasteiger partial charge in [-0.2, -0.15) is 11.3 Å². The molecule has 1 fully saturated rings. The van der Waals surface area contributed by atoms with Gasteiger partial charge in [0.2, 0.25) is 5.91 Å². The highest BCUT2D eigenvalue weighted by Gasteiger charge is 2.17. The summed E-state index contributed by atoms with van der Waals surface area (Å²) in [4.78, 5) is 11.5. The van der Waals surface area contributed by atoms with Crippen LogP contribution in [-0.2, 0) is 4.79 Å². The predicted octanol–water partition coefficient (Wildman–Crippen LogP) is 1.69. The van der Waals surface area contributed by atoms with E-state index in [1.165, 1.54) is 0 Å². The minimum Gasteiger partial charge on any atom is -0.325 e. The summed E-state index contributed by atoms with van der Waals surface area (Å²) in [6.45, 7) is 2.04. The highest BCUT2D eigenvalue weighted by molar-refractivity contribution is 7.08. The lowest BCUT2D eigenvalue weighted by Crippen LogP contribution is -2.17. The molecule has 2 heterocycles. The van der Waals surface area contributed by atoms with Gasteiger partial charge in [0, 0.05) is 11.8 Å². The van der Waals surface area contributed by atoms with E-state index < -0.39 is 0 Å². The lowest BCUT2D eigenvalue weighted by molar-refractivity contribution is -0.116. The van der Waals surface area contributed by atoms with Crippen LogP contribution in [0, 0.1) is 5.92 Å². The topological polar surface area (TPSA) is 41.1 Å². The zero-order valence-electron chi connectivity index (χ0n) is 7.95. The van der Waals surface area contributed by atoms with Crippen molar-refractivity contribution in [2.75, 3.05) is 18.4 Å². The third-order valence-corrected chi connectivity index (χ3v) is 3.12. The fourth-order valence-corrected chi connectivity index (χ4v) is 2.29. The molecule has 1 atom stereocenters. The van der Waals surface area contributed by atoms with Gasteiger partial charge in [0.05, 0.1) is 5.69 Å². The first-order valence-electron chi connectivity index (χ1n) is 4.87. The molecule has 76 valence electrons. The van der Waals surface area contributed by atoms with Gasteiger partial charge in [-0.05, 0) is 36.9 Å². The van der Waals surface area contributed by atoms with Crippen LogP contribution in [0.15, 0.2) is 16.8 Å². The van der Waals surface area contributed by atoms with Gasteiger partial charge < -0.3 is 10.6 Å². The van der Waals surface area contributed by atoms with Crippen LogP contribution >= 0.6 is 11.3 Å². The summed E-state index contributed by atoms with van der Waals surface area (Å²) in [7, 11) is 0. The van der Waals surface area contributed by atoms with Gasteiger partial charge in [0.25, 0.3) is 0 Å². The maximum Gasteiger partial charge on any atom is 0.224 e. The molecule has 0 unspecified atom stereocenters. The Bertz CT molecular complexity index is 291. The van der Waals surface area contributed by atoms with Crippen molar-refractivity contribution in [3.05, 3.63) is 16.8 Å². The molecule has 0 bridgehead atoms. The Kier molecular flexibility index (Phi) is 3.16. The Labute approximate surface area is 87.5 Å². The zero-order valence-corrected chi connectivity index (χ0v) is 8.77. The number of hydrogen-bond donors (Lipinski definition) is 2. The number of nitrogens with one attached hydrogen (secondary N) is 2. The summed E-state index contributed by atoms with van der Waals surface area (Å²) in [6.07, 6.45) is 1.76. The van der Waals surface area contributed by atoms with E-state index in [4.69, 9.17) is 0 Å². The largest absolute Gasteiger partial charge is 0.325 e. The van der Waals surface area contributed by atoms with E-state index in [2.05, 4.69) is 10.6 Å². The molecular weight excluding hydrogens is 196 g/mol. The monoisotopic (exact) mass is 210 g/mol. The molecule has 0 spiro atoms. The number of hydrogen-bond acceptors (Lipinski definition) is 3. The van der Waals surface area contributed by atoms with Gasteiger partial charge in [-0.15, -0.1) is 0 Å². The number of carbonyl (C=O) groups is 1. The minimum absolute atomic E-state index is 0.136. The van der Waals surface area contributed by atoms with E-state index in [-0.39, 0.29) is 5.91 Å². The Morgan fingerprint density at radius 2 is 2.64 bits per heavy atom. The van der Waals surface area contributed by atoms with Crippen LogP contribution in [-0.4, -0.2) is 19.0 Å². The van der Waals surface area contributed by atoms with Crippen LogP contribution in [0.5, 0.6) is 0 Å². The van der Waals surface area contributed by atoms with Crippen molar-refractivity contribution in [3.63, 3.8) is 0 Å². The molecule has 0 saturated carbocycles. The number of amides is 1. The first-order valence-corrected chi connectivity index (χ1v) is 5.81. The van der Waals surface area contributed by atoms with E-state index in [9.17, 15) is 4.79 Å². The van der Waals surface area contributed by atoms with Crippen molar-refractivity contribution in [2.24, 2.45) is 5.92 Å². The van der Waals surface area contributed by atoms with Gasteiger partial charge in [0.15, 0.2) is 0 Å². The SMILES string of the molecule is O=C(C[C@@H]1CCNC1)Nc1ccsc1. The van der Waals surface area contributed by atoms with E-state index in [0.29, 0.717) is 12.3 Å². The lowest BCUT2D eigenvalue weighted by atomic mass is 10.0. The van der Waals surface area contributed by atoms with Gasteiger partial charge in [-0.1, -0.05) is 0 Å². The van der Waals surface area contributed by atoms with Crippen molar-refractivity contribution in [2.45, 2.75) is 12.8 Å². The summed E-state index contributed by atoms with van der Waals surface area (Å²) in [5.41, 5.74) is 0.922. The highest BCUT2D eigenvalue weighted by Crippen LogP contribution is 2.15. The smallest absolute Gasteiger partial charge is 0.224 e. The quantitative estimate of drug-likeness (QED) is 0.797. The van der Waals surface area contributed by atoms with Crippen molar-refractivity contribution in [1.82, 2.24) is 5.32 Å². The molecule has 4 heteroatoms. The Hall–Kier alpha value is -0.870. The fourth-order valence-electron chi connectivity index (χ4n) is 1.70. The second kappa shape index (κ2) is 4.57. The van der Waals surface area contributed by atoms with Crippen LogP contribution in [0.2, 0.25) is 0 Å². The average Bonchev–Trinajstić information content (AvgIpc) is 2.76. The predicted molar refractivity (Wildman–Crippen MR) is 58.5 cm³/mol. The molecule has 1 amide bonds. The van der Waals surface area contributed by atoms with Gasteiger partial charge in [0.1, 0.15) is 0 Å². The van der Waals surface area contributed by atoms with E-state index in [1.54, 1.807) is 11.3 Å². The number of anilines is 1. The van der Waals surface area contributed by atoms with E-state index in [1.807, 2.05) is 16.8 Å². The normalized spacial score (nSPS) is 21.0. The summed E-state index contributed by atoms with van der Waals surface area (Å²) < 4.78 is 0. The van der Waals surface area contributed by atoms with E-state index >= 15 is 0 Å². The molecule has 2 rings (SSSR count). The first kappa shape index (κ1) is 9.68. The molecule has 2 N–H and O–H groups in total. The molecule has 1 aromatic heterocycles. The van der Waals surface area contributed by atoms with Crippen molar-refractivity contribution in [3.8, 4) is 0 Å². The average molecular weight is 210 g/mol. The molecular formula is C10H14N2OS. The summed E-state index contributed by atoms with van der Waals surface area (Å²) in [5, 5.41) is 10.1. The van der Waals surface area contributed by atoms with Crippen LogP contribution in [0.25, 0.3) is 0 Å². The third kappa shape index (κ3) is 2.56. The maximum absolute atomic E-state index is 11.5. The maximum atomic E-state index is 11.5. The molecule has 1 aliphatic rings. The van der Waals surface area contributed by atoms with Gasteiger partial charge in [-0.25, -0.2) is 0 Å². The lowest BCUT2D eigenvalue weighted by Gasteiger charge is -2.07. The molecule has 1 saturated heterocycles. The molecule has 0 aliphatic carbocycles. The second-order valence-corrected chi connectivity index (χ2v) is 4.40. The van der Waals surface area contributed by atoms with Crippen molar-refractivity contribution < 1.29 is 4.79 Å². The van der Waals surface area contributed by atoms with Gasteiger partial charge >= 0.3 is 0 Å². The van der Waals surface area contributed by atoms with Crippen molar-refractivity contribution in [1.29, 1.82) is 0 Å². The van der Waals surface area contributed by atoms with Gasteiger partial charge in [-0.3, -0.25) is 4.79 Å². The Morgan fingerprint density at radius 1 is 1.71 bits per heavy atom. The van der Waals surface area contributed by atoms with Crippen LogP contribution in [0.4, 0.5) is 5.69 Å². The molecule has 14 heavy (non-hydrogen) atoms.